The van der Waals surface area contributed by atoms with Gasteiger partial charge in [-0.05, 0) is 62.4 Å². The second-order valence-electron chi connectivity index (χ2n) is 6.40. The molecular formula is C17H21FN2. The average Bonchev–Trinajstić information content (AvgIpc) is 2.92. The quantitative estimate of drug-likeness (QED) is 0.817. The molecule has 0 atom stereocenters. The first-order valence-electron chi connectivity index (χ1n) is 7.62. The largest absolute Gasteiger partial charge is 0.299 e. The number of nitrogens with zero attached hydrogens (tertiary/aromatic N) is 2. The topological polar surface area (TPSA) is 27.0 Å². The van der Waals surface area contributed by atoms with E-state index >= 15 is 0 Å². The molecule has 1 heterocycles. The van der Waals surface area contributed by atoms with Crippen LogP contribution in [0.15, 0.2) is 18.2 Å². The highest BCUT2D eigenvalue weighted by Gasteiger charge is 2.36. The third-order valence-corrected chi connectivity index (χ3v) is 5.15. The molecule has 20 heavy (non-hydrogen) atoms. The van der Waals surface area contributed by atoms with E-state index < -0.39 is 0 Å². The van der Waals surface area contributed by atoms with Crippen LogP contribution in [0.3, 0.4) is 0 Å². The smallest absolute Gasteiger partial charge is 0.127 e. The Hall–Kier alpha value is -1.40. The van der Waals surface area contributed by atoms with Crippen LogP contribution in [0.2, 0.25) is 0 Å². The summed E-state index contributed by atoms with van der Waals surface area (Å²) in [4.78, 5) is 2.34. The Labute approximate surface area is 120 Å². The van der Waals surface area contributed by atoms with E-state index in [1.54, 1.807) is 12.1 Å². The zero-order chi connectivity index (χ0) is 14.0. The Kier molecular flexibility index (Phi) is 3.76. The van der Waals surface area contributed by atoms with Crippen LogP contribution < -0.4 is 0 Å². The molecule has 0 radical (unpaired) electrons. The van der Waals surface area contributed by atoms with Gasteiger partial charge in [-0.2, -0.15) is 5.26 Å². The summed E-state index contributed by atoms with van der Waals surface area (Å²) in [6, 6.07) is 6.73. The predicted molar refractivity (Wildman–Crippen MR) is 76.5 cm³/mol. The van der Waals surface area contributed by atoms with Gasteiger partial charge in [0.15, 0.2) is 0 Å². The molecule has 3 heteroatoms. The molecule has 1 aliphatic carbocycles. The number of halogens is 1. The molecule has 3 rings (SSSR count). The Morgan fingerprint density at radius 3 is 2.50 bits per heavy atom. The lowest BCUT2D eigenvalue weighted by atomic mass is 9.77. The molecule has 2 aliphatic rings. The van der Waals surface area contributed by atoms with E-state index in [-0.39, 0.29) is 5.82 Å². The van der Waals surface area contributed by atoms with Crippen molar-refractivity contribution in [1.29, 1.82) is 5.26 Å². The van der Waals surface area contributed by atoms with Crippen molar-refractivity contribution in [3.8, 4) is 6.07 Å². The Bertz CT molecular complexity index is 516. The van der Waals surface area contributed by atoms with Gasteiger partial charge in [-0.3, -0.25) is 4.90 Å². The molecule has 1 aromatic rings. The van der Waals surface area contributed by atoms with Crippen LogP contribution in [-0.4, -0.2) is 18.0 Å². The molecule has 0 N–H and O–H groups in total. The van der Waals surface area contributed by atoms with Gasteiger partial charge in [-0.25, -0.2) is 4.39 Å². The van der Waals surface area contributed by atoms with Gasteiger partial charge < -0.3 is 0 Å². The summed E-state index contributed by atoms with van der Waals surface area (Å²) >= 11 is 0. The average molecular weight is 272 g/mol. The predicted octanol–water partition coefficient (Wildman–Crippen LogP) is 3.85. The molecule has 106 valence electrons. The van der Waals surface area contributed by atoms with Crippen molar-refractivity contribution in [3.63, 3.8) is 0 Å². The van der Waals surface area contributed by atoms with Gasteiger partial charge in [-0.1, -0.05) is 12.8 Å². The van der Waals surface area contributed by atoms with Crippen molar-refractivity contribution < 1.29 is 4.39 Å². The normalized spacial score (nSPS) is 22.0. The lowest BCUT2D eigenvalue weighted by Gasteiger charge is -2.39. The maximum Gasteiger partial charge on any atom is 0.127 e. The third-order valence-electron chi connectivity index (χ3n) is 5.15. The zero-order valence-electron chi connectivity index (χ0n) is 11.9. The van der Waals surface area contributed by atoms with Crippen LogP contribution in [0.1, 0.15) is 49.7 Å². The number of hydrogen-bond donors (Lipinski definition) is 0. The minimum atomic E-state index is -0.190. The molecule has 2 fully saturated rings. The first-order chi connectivity index (χ1) is 9.71. The number of nitriles is 1. The monoisotopic (exact) mass is 272 g/mol. The number of hydrogen-bond acceptors (Lipinski definition) is 2. The Morgan fingerprint density at radius 2 is 1.85 bits per heavy atom. The van der Waals surface area contributed by atoms with E-state index in [2.05, 4.69) is 11.0 Å². The lowest BCUT2D eigenvalue weighted by Crippen LogP contribution is -2.38. The van der Waals surface area contributed by atoms with E-state index in [1.807, 2.05) is 0 Å². The SMILES string of the molecule is N#Cc1ccc(F)c(CN2CCC3(CCCC3)CC2)c1. The van der Waals surface area contributed by atoms with Crippen LogP contribution in [0.4, 0.5) is 4.39 Å². The number of benzene rings is 1. The first-order valence-corrected chi connectivity index (χ1v) is 7.62. The van der Waals surface area contributed by atoms with Crippen molar-refractivity contribution >= 4 is 0 Å². The minimum Gasteiger partial charge on any atom is -0.299 e. The summed E-state index contributed by atoms with van der Waals surface area (Å²) in [6.45, 7) is 2.77. The van der Waals surface area contributed by atoms with Crippen LogP contribution in [-0.2, 0) is 6.54 Å². The van der Waals surface area contributed by atoms with Gasteiger partial charge in [-0.15, -0.1) is 0 Å². The van der Waals surface area contributed by atoms with Gasteiger partial charge in [0, 0.05) is 12.1 Å². The highest BCUT2D eigenvalue weighted by molar-refractivity contribution is 5.33. The van der Waals surface area contributed by atoms with Crippen molar-refractivity contribution in [2.45, 2.75) is 45.1 Å². The van der Waals surface area contributed by atoms with Gasteiger partial charge in [0.05, 0.1) is 11.6 Å². The second kappa shape index (κ2) is 5.54. The fourth-order valence-electron chi connectivity index (χ4n) is 3.82. The molecule has 0 amide bonds. The summed E-state index contributed by atoms with van der Waals surface area (Å²) < 4.78 is 13.8. The number of rotatable bonds is 2. The van der Waals surface area contributed by atoms with Gasteiger partial charge in [0.2, 0.25) is 0 Å². The van der Waals surface area contributed by atoms with Crippen LogP contribution in [0, 0.1) is 22.6 Å². The fourth-order valence-corrected chi connectivity index (χ4v) is 3.82. The molecule has 1 saturated heterocycles. The maximum absolute atomic E-state index is 13.8. The van der Waals surface area contributed by atoms with Crippen molar-refractivity contribution in [2.24, 2.45) is 5.41 Å². The molecule has 1 saturated carbocycles. The van der Waals surface area contributed by atoms with Crippen molar-refractivity contribution in [1.82, 2.24) is 4.90 Å². The van der Waals surface area contributed by atoms with E-state index in [4.69, 9.17) is 5.26 Å². The summed E-state index contributed by atoms with van der Waals surface area (Å²) in [6.07, 6.45) is 8.06. The lowest BCUT2D eigenvalue weighted by molar-refractivity contribution is 0.103. The van der Waals surface area contributed by atoms with E-state index in [0.29, 0.717) is 23.1 Å². The molecular weight excluding hydrogens is 251 g/mol. The highest BCUT2D eigenvalue weighted by atomic mass is 19.1. The van der Waals surface area contributed by atoms with Crippen LogP contribution >= 0.6 is 0 Å². The number of likely N-dealkylation sites (tertiary alicyclic amines) is 1. The maximum atomic E-state index is 13.8. The second-order valence-corrected chi connectivity index (χ2v) is 6.40. The molecule has 0 unspecified atom stereocenters. The van der Waals surface area contributed by atoms with E-state index in [9.17, 15) is 4.39 Å². The molecule has 2 nitrogen and oxygen atoms in total. The zero-order valence-corrected chi connectivity index (χ0v) is 11.9. The standard InChI is InChI=1S/C17H21FN2/c18-16-4-3-14(12-19)11-15(16)13-20-9-7-17(8-10-20)5-1-2-6-17/h3-4,11H,1-2,5-10,13H2. The van der Waals surface area contributed by atoms with E-state index in [0.717, 1.165) is 13.1 Å². The molecule has 0 aromatic heterocycles. The Balaban J connectivity index is 1.63. The van der Waals surface area contributed by atoms with E-state index in [1.165, 1.54) is 44.6 Å². The molecule has 1 aliphatic heterocycles. The van der Waals surface area contributed by atoms with Gasteiger partial charge >= 0.3 is 0 Å². The summed E-state index contributed by atoms with van der Waals surface area (Å²) in [5.74, 6) is -0.190. The Morgan fingerprint density at radius 1 is 1.15 bits per heavy atom. The molecule has 1 aromatic carbocycles. The summed E-state index contributed by atoms with van der Waals surface area (Å²) in [5, 5.41) is 8.91. The highest BCUT2D eigenvalue weighted by Crippen LogP contribution is 2.46. The summed E-state index contributed by atoms with van der Waals surface area (Å²) in [7, 11) is 0. The summed E-state index contributed by atoms with van der Waals surface area (Å²) in [5.41, 5.74) is 1.81. The number of piperidine rings is 1. The van der Waals surface area contributed by atoms with Crippen molar-refractivity contribution in [3.05, 3.63) is 35.1 Å². The molecule has 0 bridgehead atoms. The van der Waals surface area contributed by atoms with Crippen molar-refractivity contribution in [2.75, 3.05) is 13.1 Å². The minimum absolute atomic E-state index is 0.190. The fraction of sp³-hybridized carbons (Fsp3) is 0.588. The van der Waals surface area contributed by atoms with Crippen LogP contribution in [0.25, 0.3) is 0 Å². The van der Waals surface area contributed by atoms with Gasteiger partial charge in [0.1, 0.15) is 5.82 Å². The first kappa shape index (κ1) is 13.6. The van der Waals surface area contributed by atoms with Crippen LogP contribution in [0.5, 0.6) is 0 Å². The third kappa shape index (κ3) is 2.71. The van der Waals surface area contributed by atoms with Gasteiger partial charge in [0.25, 0.3) is 0 Å². The molecule has 1 spiro atoms.